The van der Waals surface area contributed by atoms with Crippen LogP contribution < -0.4 is 10.5 Å². The summed E-state index contributed by atoms with van der Waals surface area (Å²) in [6.07, 6.45) is -0.170. The maximum absolute atomic E-state index is 6.00. The zero-order chi connectivity index (χ0) is 14.8. The Hall–Kier alpha value is -1.14. The average Bonchev–Trinajstić information content (AvgIpc) is 2.46. The van der Waals surface area contributed by atoms with Crippen molar-refractivity contribution in [3.05, 3.63) is 29.8 Å². The number of rotatable bonds is 10. The van der Waals surface area contributed by atoms with Gasteiger partial charge >= 0.3 is 0 Å². The number of hydrogen-bond donors (Lipinski definition) is 1. The Balaban J connectivity index is 2.47. The van der Waals surface area contributed by atoms with E-state index in [-0.39, 0.29) is 12.1 Å². The number of nitrogens with two attached hydrogens (primary N) is 1. The lowest BCUT2D eigenvalue weighted by Gasteiger charge is -2.22. The molecule has 0 fully saturated rings. The molecule has 5 nitrogen and oxygen atoms in total. The lowest BCUT2D eigenvalue weighted by Crippen LogP contribution is -2.28. The summed E-state index contributed by atoms with van der Waals surface area (Å²) < 4.78 is 21.3. The quantitative estimate of drug-likeness (QED) is 0.663. The van der Waals surface area contributed by atoms with E-state index >= 15 is 0 Å². The van der Waals surface area contributed by atoms with Crippen LogP contribution in [0.4, 0.5) is 0 Å². The number of hydrogen-bond acceptors (Lipinski definition) is 5. The van der Waals surface area contributed by atoms with Crippen molar-refractivity contribution in [2.24, 2.45) is 5.73 Å². The topological polar surface area (TPSA) is 62.9 Å². The highest BCUT2D eigenvalue weighted by atomic mass is 16.5. The van der Waals surface area contributed by atoms with Gasteiger partial charge < -0.3 is 24.7 Å². The zero-order valence-electron chi connectivity index (χ0n) is 12.5. The first-order chi connectivity index (χ1) is 9.69. The van der Waals surface area contributed by atoms with Crippen LogP contribution >= 0.6 is 0 Å². The Bertz CT molecular complexity index is 371. The second-order valence-corrected chi connectivity index (χ2v) is 4.53. The first kappa shape index (κ1) is 16.9. The third-order valence-corrected chi connectivity index (χ3v) is 2.86. The Morgan fingerprint density at radius 3 is 2.50 bits per heavy atom. The summed E-state index contributed by atoms with van der Waals surface area (Å²) in [6, 6.07) is 7.65. The maximum atomic E-state index is 6.00. The van der Waals surface area contributed by atoms with Crippen LogP contribution in [0.25, 0.3) is 0 Å². The predicted molar refractivity (Wildman–Crippen MR) is 78.0 cm³/mol. The standard InChI is InChI=1S/C15H25NO4/c1-12(16)15(20-10-9-19-8-7-17-2)13-5-4-6-14(11-13)18-3/h4-6,11-12,15H,7-10,16H2,1-3H3. The number of ether oxygens (including phenoxy) is 4. The van der Waals surface area contributed by atoms with Crippen LogP contribution in [0.3, 0.4) is 0 Å². The highest BCUT2D eigenvalue weighted by Gasteiger charge is 2.17. The Morgan fingerprint density at radius 1 is 1.10 bits per heavy atom. The van der Waals surface area contributed by atoms with Gasteiger partial charge in [-0.3, -0.25) is 0 Å². The second kappa shape index (κ2) is 9.72. The van der Waals surface area contributed by atoms with E-state index in [0.29, 0.717) is 26.4 Å². The summed E-state index contributed by atoms with van der Waals surface area (Å²) >= 11 is 0. The molecule has 20 heavy (non-hydrogen) atoms. The molecular weight excluding hydrogens is 258 g/mol. The van der Waals surface area contributed by atoms with Crippen molar-refractivity contribution in [3.8, 4) is 5.75 Å². The second-order valence-electron chi connectivity index (χ2n) is 4.53. The van der Waals surface area contributed by atoms with E-state index in [1.165, 1.54) is 0 Å². The van der Waals surface area contributed by atoms with Gasteiger partial charge in [0.2, 0.25) is 0 Å². The van der Waals surface area contributed by atoms with E-state index in [9.17, 15) is 0 Å². The van der Waals surface area contributed by atoms with Crippen LogP contribution in [0, 0.1) is 0 Å². The van der Waals surface area contributed by atoms with Crippen molar-refractivity contribution in [2.45, 2.75) is 19.1 Å². The molecule has 0 amide bonds. The maximum Gasteiger partial charge on any atom is 0.119 e. The van der Waals surface area contributed by atoms with Crippen molar-refractivity contribution >= 4 is 0 Å². The van der Waals surface area contributed by atoms with Gasteiger partial charge in [0.25, 0.3) is 0 Å². The van der Waals surface area contributed by atoms with Crippen LogP contribution in [0.15, 0.2) is 24.3 Å². The Kier molecular flexibility index (Phi) is 8.22. The third-order valence-electron chi connectivity index (χ3n) is 2.86. The molecule has 0 radical (unpaired) electrons. The lowest BCUT2D eigenvalue weighted by molar-refractivity contribution is -0.0142. The smallest absolute Gasteiger partial charge is 0.119 e. The highest BCUT2D eigenvalue weighted by Crippen LogP contribution is 2.24. The van der Waals surface area contributed by atoms with E-state index in [4.69, 9.17) is 24.7 Å². The summed E-state index contributed by atoms with van der Waals surface area (Å²) in [5.41, 5.74) is 7.01. The lowest BCUT2D eigenvalue weighted by atomic mass is 10.0. The van der Waals surface area contributed by atoms with Crippen LogP contribution in [0.5, 0.6) is 5.75 Å². The fraction of sp³-hybridized carbons (Fsp3) is 0.600. The average molecular weight is 283 g/mol. The monoisotopic (exact) mass is 283 g/mol. The van der Waals surface area contributed by atoms with E-state index in [2.05, 4.69) is 0 Å². The van der Waals surface area contributed by atoms with Crippen LogP contribution in [-0.4, -0.2) is 46.7 Å². The van der Waals surface area contributed by atoms with Crippen molar-refractivity contribution in [1.29, 1.82) is 0 Å². The van der Waals surface area contributed by atoms with Gasteiger partial charge in [-0.15, -0.1) is 0 Å². The van der Waals surface area contributed by atoms with Gasteiger partial charge in [0.1, 0.15) is 5.75 Å². The molecule has 2 N–H and O–H groups in total. The highest BCUT2D eigenvalue weighted by molar-refractivity contribution is 5.30. The van der Waals surface area contributed by atoms with Crippen molar-refractivity contribution in [2.75, 3.05) is 40.6 Å². The number of methoxy groups -OCH3 is 2. The zero-order valence-corrected chi connectivity index (χ0v) is 12.5. The van der Waals surface area contributed by atoms with Crippen LogP contribution in [0.2, 0.25) is 0 Å². The van der Waals surface area contributed by atoms with Gasteiger partial charge in [-0.05, 0) is 24.6 Å². The molecule has 1 aromatic rings. The molecule has 2 unspecified atom stereocenters. The van der Waals surface area contributed by atoms with Gasteiger partial charge in [0.15, 0.2) is 0 Å². The fourth-order valence-electron chi connectivity index (χ4n) is 1.85. The van der Waals surface area contributed by atoms with Gasteiger partial charge in [-0.1, -0.05) is 12.1 Å². The summed E-state index contributed by atoms with van der Waals surface area (Å²) in [7, 11) is 3.29. The van der Waals surface area contributed by atoms with Crippen molar-refractivity contribution in [1.82, 2.24) is 0 Å². The first-order valence-corrected chi connectivity index (χ1v) is 6.77. The molecule has 0 aliphatic heterocycles. The largest absolute Gasteiger partial charge is 0.497 e. The van der Waals surface area contributed by atoms with Gasteiger partial charge in [0, 0.05) is 13.2 Å². The molecule has 0 aliphatic carbocycles. The predicted octanol–water partition coefficient (Wildman–Crippen LogP) is 1.76. The Morgan fingerprint density at radius 2 is 1.85 bits per heavy atom. The van der Waals surface area contributed by atoms with E-state index < -0.39 is 0 Å². The van der Waals surface area contributed by atoms with Crippen LogP contribution in [-0.2, 0) is 14.2 Å². The van der Waals surface area contributed by atoms with Gasteiger partial charge in [-0.2, -0.15) is 0 Å². The van der Waals surface area contributed by atoms with Gasteiger partial charge in [0.05, 0.1) is 39.6 Å². The van der Waals surface area contributed by atoms with Gasteiger partial charge in [-0.25, -0.2) is 0 Å². The molecule has 2 atom stereocenters. The normalized spacial score (nSPS) is 14.0. The SMILES string of the molecule is COCCOCCOC(c1cccc(OC)c1)C(C)N. The molecule has 1 aromatic carbocycles. The summed E-state index contributed by atoms with van der Waals surface area (Å²) in [5.74, 6) is 0.799. The van der Waals surface area contributed by atoms with E-state index in [1.54, 1.807) is 14.2 Å². The van der Waals surface area contributed by atoms with E-state index in [1.807, 2.05) is 31.2 Å². The summed E-state index contributed by atoms with van der Waals surface area (Å²) in [4.78, 5) is 0. The molecule has 0 saturated carbocycles. The number of benzene rings is 1. The molecule has 1 rings (SSSR count). The first-order valence-electron chi connectivity index (χ1n) is 6.77. The molecule has 0 spiro atoms. The fourth-order valence-corrected chi connectivity index (χ4v) is 1.85. The van der Waals surface area contributed by atoms with E-state index in [0.717, 1.165) is 11.3 Å². The van der Waals surface area contributed by atoms with Crippen molar-refractivity contribution in [3.63, 3.8) is 0 Å². The molecule has 0 saturated heterocycles. The molecule has 114 valence electrons. The third kappa shape index (κ3) is 5.88. The minimum Gasteiger partial charge on any atom is -0.497 e. The van der Waals surface area contributed by atoms with Crippen molar-refractivity contribution < 1.29 is 18.9 Å². The summed E-state index contributed by atoms with van der Waals surface area (Å²) in [6.45, 7) is 4.11. The minimum absolute atomic E-state index is 0.110. The molecule has 0 bridgehead atoms. The molecule has 0 aliphatic rings. The van der Waals surface area contributed by atoms with Crippen LogP contribution in [0.1, 0.15) is 18.6 Å². The molecular formula is C15H25NO4. The molecule has 5 heteroatoms. The molecule has 0 heterocycles. The minimum atomic E-state index is -0.170. The Labute approximate surface area is 121 Å². The summed E-state index contributed by atoms with van der Waals surface area (Å²) in [5, 5.41) is 0. The molecule has 0 aromatic heterocycles.